The van der Waals surface area contributed by atoms with Gasteiger partial charge in [-0.15, -0.1) is 0 Å². The van der Waals surface area contributed by atoms with Crippen LogP contribution in [0.25, 0.3) is 55.0 Å². The standard InChI is InChI=1S/C77H49B2N7/c1-7-25-50(26-8-1)81(51-27-9-2-10-28-51)56-45-68-72-70(47-56)85-66-43-21-19-37-58(66)60-39-23-41-62(74(60)85)78(72)64-49-65-77(80-76(64)83(68)54-33-15-5-16-34-54)84(55-35-17-6-18-36-55)69-46-57(82(52-29-11-3-12-30-52)53-31-13-4-14-32-53)48-71-73(69)79(65)63-42-24-40-61-59-38-20-22-44-67(59)86(71)75(61)63/h1-49H. The van der Waals surface area contributed by atoms with Crippen LogP contribution in [-0.4, -0.2) is 27.5 Å². The maximum atomic E-state index is 6.39. The highest BCUT2D eigenvalue weighted by Crippen LogP contribution is 2.49. The van der Waals surface area contributed by atoms with Crippen molar-refractivity contribution in [1.82, 2.24) is 14.1 Å². The lowest BCUT2D eigenvalue weighted by Gasteiger charge is -2.44. The molecule has 15 aromatic rings. The zero-order chi connectivity index (χ0) is 56.1. The molecule has 7 heterocycles. The van der Waals surface area contributed by atoms with Crippen LogP contribution in [0.4, 0.5) is 68.5 Å². The fraction of sp³-hybridized carbons (Fsp3) is 0. The van der Waals surface area contributed by atoms with Crippen molar-refractivity contribution in [1.29, 1.82) is 0 Å². The molecule has 0 fully saturated rings. The van der Waals surface area contributed by atoms with Gasteiger partial charge in [0, 0.05) is 89.5 Å². The predicted molar refractivity (Wildman–Crippen MR) is 361 cm³/mol. The number of rotatable bonds is 8. The minimum absolute atomic E-state index is 0.186. The van der Waals surface area contributed by atoms with Gasteiger partial charge in [0.05, 0.1) is 22.4 Å². The maximum Gasteiger partial charge on any atom is 0.254 e. The molecule has 0 saturated heterocycles. The van der Waals surface area contributed by atoms with E-state index in [9.17, 15) is 0 Å². The Morgan fingerprint density at radius 1 is 0.267 bits per heavy atom. The van der Waals surface area contributed by atoms with Crippen LogP contribution in [0.2, 0.25) is 0 Å². The zero-order valence-corrected chi connectivity index (χ0v) is 46.6. The molecule has 7 nitrogen and oxygen atoms in total. The first-order valence-electron chi connectivity index (χ1n) is 29.7. The molecular weight excluding hydrogens is 1040 g/mol. The number of anilines is 12. The van der Waals surface area contributed by atoms with Crippen LogP contribution < -0.4 is 52.4 Å². The van der Waals surface area contributed by atoms with Gasteiger partial charge < -0.3 is 18.9 Å². The monoisotopic (exact) mass is 1090 g/mol. The molecule has 4 aliphatic heterocycles. The third kappa shape index (κ3) is 6.56. The Morgan fingerprint density at radius 2 is 0.593 bits per heavy atom. The molecule has 0 spiro atoms. The first-order chi connectivity index (χ1) is 42.7. The predicted octanol–water partition coefficient (Wildman–Crippen LogP) is 15.4. The third-order valence-corrected chi connectivity index (χ3v) is 18.5. The van der Waals surface area contributed by atoms with Gasteiger partial charge in [-0.25, -0.2) is 4.98 Å². The van der Waals surface area contributed by atoms with Gasteiger partial charge in [0.1, 0.15) is 11.6 Å². The van der Waals surface area contributed by atoms with Crippen LogP contribution in [0.15, 0.2) is 297 Å². The van der Waals surface area contributed by atoms with Crippen LogP contribution in [0.1, 0.15) is 0 Å². The highest BCUT2D eigenvalue weighted by molar-refractivity contribution is 7.03. The summed E-state index contributed by atoms with van der Waals surface area (Å²) in [5.41, 5.74) is 25.2. The van der Waals surface area contributed by atoms with Gasteiger partial charge in [-0.2, -0.15) is 0 Å². The Hall–Kier alpha value is -11.3. The first-order valence-corrected chi connectivity index (χ1v) is 29.7. The Labute approximate surface area is 497 Å². The van der Waals surface area contributed by atoms with Crippen molar-refractivity contribution in [3.8, 4) is 11.4 Å². The average Bonchev–Trinajstić information content (AvgIpc) is 1.24. The summed E-state index contributed by atoms with van der Waals surface area (Å²) in [7, 11) is 0. The molecule has 3 aromatic heterocycles. The van der Waals surface area contributed by atoms with Crippen molar-refractivity contribution in [2.75, 3.05) is 19.6 Å². The van der Waals surface area contributed by atoms with E-state index in [4.69, 9.17) is 4.98 Å². The smallest absolute Gasteiger partial charge is 0.254 e. The Kier molecular flexibility index (Phi) is 9.95. The van der Waals surface area contributed by atoms with E-state index in [1.54, 1.807) is 0 Å². The maximum absolute atomic E-state index is 6.39. The van der Waals surface area contributed by atoms with Crippen LogP contribution in [-0.2, 0) is 0 Å². The van der Waals surface area contributed by atoms with E-state index in [2.05, 4.69) is 326 Å². The summed E-state index contributed by atoms with van der Waals surface area (Å²) in [4.78, 5) is 16.2. The molecule has 398 valence electrons. The van der Waals surface area contributed by atoms with Gasteiger partial charge in [0.2, 0.25) is 0 Å². The van der Waals surface area contributed by atoms with Gasteiger partial charge in [-0.3, -0.25) is 9.80 Å². The number of hydrogen-bond acceptors (Lipinski definition) is 5. The summed E-state index contributed by atoms with van der Waals surface area (Å²) >= 11 is 0. The van der Waals surface area contributed by atoms with Gasteiger partial charge in [-0.05, 0) is 142 Å². The first kappa shape index (κ1) is 47.2. The second-order valence-corrected chi connectivity index (χ2v) is 23.0. The molecule has 0 bridgehead atoms. The largest absolute Gasteiger partial charge is 0.310 e. The van der Waals surface area contributed by atoms with Crippen molar-refractivity contribution in [3.63, 3.8) is 0 Å². The van der Waals surface area contributed by atoms with Crippen molar-refractivity contribution in [3.05, 3.63) is 297 Å². The highest BCUT2D eigenvalue weighted by atomic mass is 15.3. The van der Waals surface area contributed by atoms with Crippen molar-refractivity contribution >= 4 is 158 Å². The molecule has 9 heteroatoms. The topological polar surface area (TPSA) is 35.7 Å². The van der Waals surface area contributed by atoms with E-state index in [1.165, 1.54) is 76.4 Å². The fourth-order valence-corrected chi connectivity index (χ4v) is 15.2. The second-order valence-electron chi connectivity index (χ2n) is 23.0. The summed E-state index contributed by atoms with van der Waals surface area (Å²) in [6.07, 6.45) is 0. The number of pyridine rings is 1. The van der Waals surface area contributed by atoms with Crippen LogP contribution in [0.5, 0.6) is 0 Å². The Balaban J connectivity index is 0.961. The molecule has 0 unspecified atom stereocenters. The van der Waals surface area contributed by atoms with E-state index in [1.807, 2.05) is 0 Å². The number of hydrogen-bond donors (Lipinski definition) is 0. The molecule has 0 N–H and O–H groups in total. The quantitative estimate of drug-likeness (QED) is 0.142. The number of aromatic nitrogens is 3. The molecule has 0 aliphatic carbocycles. The third-order valence-electron chi connectivity index (χ3n) is 18.5. The van der Waals surface area contributed by atoms with E-state index >= 15 is 0 Å². The lowest BCUT2D eigenvalue weighted by molar-refractivity contribution is 1.12. The number of para-hydroxylation sites is 10. The van der Waals surface area contributed by atoms with Crippen LogP contribution >= 0.6 is 0 Å². The number of benzene rings is 12. The van der Waals surface area contributed by atoms with E-state index < -0.39 is 0 Å². The molecule has 0 amide bonds. The van der Waals surface area contributed by atoms with Gasteiger partial charge in [-0.1, -0.05) is 188 Å². The SMILES string of the molecule is c1ccc(N(c2ccccc2)c2cc3c4c(c2)-n2c5ccccc5c5cccc(c52)B4c2cc4c(nc2N3c2ccccc2)N(c2ccccc2)c2cc(N(c3ccccc3)c3ccccc3)cc3c2B4c2cccc4c5ccccc5n-3c24)cc1. The van der Waals surface area contributed by atoms with Crippen molar-refractivity contribution < 1.29 is 0 Å². The van der Waals surface area contributed by atoms with Gasteiger partial charge in [0.25, 0.3) is 13.4 Å². The molecule has 86 heavy (non-hydrogen) atoms. The zero-order valence-electron chi connectivity index (χ0n) is 46.6. The summed E-state index contributed by atoms with van der Waals surface area (Å²) in [6.45, 7) is -0.373. The lowest BCUT2D eigenvalue weighted by atomic mass is 9.31. The molecule has 12 aromatic carbocycles. The Morgan fingerprint density at radius 3 is 0.977 bits per heavy atom. The molecule has 0 radical (unpaired) electrons. The van der Waals surface area contributed by atoms with Crippen molar-refractivity contribution in [2.24, 2.45) is 0 Å². The second kappa shape index (κ2) is 18.1. The van der Waals surface area contributed by atoms with Crippen LogP contribution in [0, 0.1) is 0 Å². The van der Waals surface area contributed by atoms with E-state index in [0.717, 1.165) is 79.9 Å². The summed E-state index contributed by atoms with van der Waals surface area (Å²) in [5, 5.41) is 4.96. The van der Waals surface area contributed by atoms with E-state index in [-0.39, 0.29) is 13.4 Å². The van der Waals surface area contributed by atoms with Gasteiger partial charge in [0.15, 0.2) is 0 Å². The molecule has 19 rings (SSSR count). The minimum atomic E-state index is -0.186. The molecule has 0 saturated carbocycles. The normalized spacial score (nSPS) is 13.0. The lowest BCUT2D eigenvalue weighted by Crippen LogP contribution is -2.65. The average molecular weight is 1090 g/mol. The number of fused-ring (bicyclic) bond motifs is 14. The van der Waals surface area contributed by atoms with E-state index in [0.29, 0.717) is 0 Å². The molecule has 4 aliphatic rings. The van der Waals surface area contributed by atoms with Crippen LogP contribution in [0.3, 0.4) is 0 Å². The fourth-order valence-electron chi connectivity index (χ4n) is 15.2. The summed E-state index contributed by atoms with van der Waals surface area (Å²) < 4.78 is 5.14. The minimum Gasteiger partial charge on any atom is -0.310 e. The highest BCUT2D eigenvalue weighted by Gasteiger charge is 2.49. The van der Waals surface area contributed by atoms with Gasteiger partial charge >= 0.3 is 0 Å². The Bertz CT molecular complexity index is 4860. The molecular formula is C77H49B2N7. The summed E-state index contributed by atoms with van der Waals surface area (Å²) in [6, 6.07) is 109. The van der Waals surface area contributed by atoms with Crippen molar-refractivity contribution in [2.45, 2.75) is 0 Å². The molecule has 0 atom stereocenters. The summed E-state index contributed by atoms with van der Waals surface area (Å²) in [5.74, 6) is 1.81. The number of nitrogens with zero attached hydrogens (tertiary/aromatic N) is 7.